The van der Waals surface area contributed by atoms with Gasteiger partial charge in [-0.05, 0) is 60.7 Å². The van der Waals surface area contributed by atoms with Gasteiger partial charge in [-0.15, -0.1) is 0 Å². The van der Waals surface area contributed by atoms with Gasteiger partial charge in [0.1, 0.15) is 11.6 Å². The van der Waals surface area contributed by atoms with E-state index in [0.717, 1.165) is 6.07 Å². The summed E-state index contributed by atoms with van der Waals surface area (Å²) in [7, 11) is -2.66. The maximum absolute atomic E-state index is 14.5. The van der Waals surface area contributed by atoms with Gasteiger partial charge in [0.2, 0.25) is 0 Å². The fourth-order valence-corrected chi connectivity index (χ4v) is 3.95. The van der Waals surface area contributed by atoms with E-state index in [0.29, 0.717) is 10.8 Å². The summed E-state index contributed by atoms with van der Waals surface area (Å²) in [6, 6.07) is 13.5. The van der Waals surface area contributed by atoms with E-state index in [1.807, 2.05) is 0 Å². The number of carbonyl (C=O) groups is 1. The first kappa shape index (κ1) is 21.9. The standard InChI is InChI=1S/C20H15Cl2FN2O4S/c1-29-19-9-6-14(10-16(19)22)25-30(27,28)15-7-8-18(17(23)11-15)24-20(26)12-2-4-13(21)5-3-12/h2-11,25H,1H3,(H,24,26). The number of hydrogen-bond acceptors (Lipinski definition) is 4. The number of ether oxygens (including phenoxy) is 1. The van der Waals surface area contributed by atoms with Crippen molar-refractivity contribution in [1.82, 2.24) is 0 Å². The fraction of sp³-hybridized carbons (Fsp3) is 0.0500. The summed E-state index contributed by atoms with van der Waals surface area (Å²) in [5, 5.41) is 3.06. The zero-order valence-corrected chi connectivity index (χ0v) is 17.8. The Morgan fingerprint density at radius 3 is 2.30 bits per heavy atom. The lowest BCUT2D eigenvalue weighted by atomic mass is 10.2. The zero-order valence-electron chi connectivity index (χ0n) is 15.4. The number of anilines is 2. The lowest BCUT2D eigenvalue weighted by Crippen LogP contribution is -2.15. The number of methoxy groups -OCH3 is 1. The molecule has 0 aliphatic rings. The van der Waals surface area contributed by atoms with Crippen molar-refractivity contribution in [3.05, 3.63) is 82.1 Å². The minimum atomic E-state index is -4.09. The van der Waals surface area contributed by atoms with Gasteiger partial charge in [-0.25, -0.2) is 12.8 Å². The van der Waals surface area contributed by atoms with Gasteiger partial charge < -0.3 is 10.1 Å². The predicted octanol–water partition coefficient (Wildman–Crippen LogP) is 5.19. The third kappa shape index (κ3) is 5.02. The molecule has 0 radical (unpaired) electrons. The maximum atomic E-state index is 14.5. The van der Waals surface area contributed by atoms with Gasteiger partial charge >= 0.3 is 0 Å². The van der Waals surface area contributed by atoms with E-state index in [4.69, 9.17) is 27.9 Å². The van der Waals surface area contributed by atoms with Gasteiger partial charge in [0.15, 0.2) is 0 Å². The Bertz CT molecular complexity index is 1200. The van der Waals surface area contributed by atoms with E-state index < -0.39 is 21.7 Å². The molecule has 156 valence electrons. The summed E-state index contributed by atoms with van der Waals surface area (Å²) >= 11 is 11.8. The van der Waals surface area contributed by atoms with E-state index in [2.05, 4.69) is 10.0 Å². The molecule has 0 fully saturated rings. The van der Waals surface area contributed by atoms with Crippen LogP contribution < -0.4 is 14.8 Å². The number of carbonyl (C=O) groups excluding carboxylic acids is 1. The molecular formula is C20H15Cl2FN2O4S. The smallest absolute Gasteiger partial charge is 0.261 e. The number of amides is 1. The Labute approximate surface area is 182 Å². The van der Waals surface area contributed by atoms with Crippen LogP contribution in [0.25, 0.3) is 0 Å². The summed E-state index contributed by atoms with van der Waals surface area (Å²) in [4.78, 5) is 11.9. The van der Waals surface area contributed by atoms with Gasteiger partial charge in [0.05, 0.1) is 28.4 Å². The van der Waals surface area contributed by atoms with Gasteiger partial charge in [-0.1, -0.05) is 23.2 Å². The van der Waals surface area contributed by atoms with Crippen molar-refractivity contribution in [1.29, 1.82) is 0 Å². The number of benzene rings is 3. The van der Waals surface area contributed by atoms with Crippen LogP contribution in [0.3, 0.4) is 0 Å². The molecule has 3 aromatic carbocycles. The lowest BCUT2D eigenvalue weighted by molar-refractivity contribution is 0.102. The first-order valence-electron chi connectivity index (χ1n) is 8.42. The van der Waals surface area contributed by atoms with Gasteiger partial charge in [-0.2, -0.15) is 0 Å². The molecule has 10 heteroatoms. The number of hydrogen-bond donors (Lipinski definition) is 2. The molecule has 0 saturated heterocycles. The van der Waals surface area contributed by atoms with E-state index in [9.17, 15) is 17.6 Å². The van der Waals surface area contributed by atoms with Crippen LogP contribution in [0.4, 0.5) is 15.8 Å². The molecule has 0 bridgehead atoms. The second-order valence-corrected chi connectivity index (χ2v) is 8.58. The molecule has 0 aromatic heterocycles. The highest BCUT2D eigenvalue weighted by Gasteiger charge is 2.18. The molecule has 3 rings (SSSR count). The number of halogens is 3. The summed E-state index contributed by atoms with van der Waals surface area (Å²) in [5.74, 6) is -1.09. The van der Waals surface area contributed by atoms with E-state index in [-0.39, 0.29) is 26.9 Å². The van der Waals surface area contributed by atoms with Crippen LogP contribution in [0.1, 0.15) is 10.4 Å². The summed E-state index contributed by atoms with van der Waals surface area (Å²) in [5.41, 5.74) is 0.288. The summed E-state index contributed by atoms with van der Waals surface area (Å²) in [6.07, 6.45) is 0. The SMILES string of the molecule is COc1ccc(NS(=O)(=O)c2ccc(NC(=O)c3ccc(Cl)cc3)c(F)c2)cc1Cl. The van der Waals surface area contributed by atoms with Gasteiger partial charge in [0.25, 0.3) is 15.9 Å². The molecule has 1 amide bonds. The van der Waals surface area contributed by atoms with Crippen molar-refractivity contribution in [3.8, 4) is 5.75 Å². The number of rotatable bonds is 6. The Kier molecular flexibility index (Phi) is 6.50. The molecule has 0 heterocycles. The zero-order chi connectivity index (χ0) is 21.9. The van der Waals surface area contributed by atoms with Crippen LogP contribution in [-0.4, -0.2) is 21.4 Å². The summed E-state index contributed by atoms with van der Waals surface area (Å²) in [6.45, 7) is 0. The van der Waals surface area contributed by atoms with Crippen molar-refractivity contribution in [2.75, 3.05) is 17.1 Å². The predicted molar refractivity (Wildman–Crippen MR) is 115 cm³/mol. The summed E-state index contributed by atoms with van der Waals surface area (Å²) < 4.78 is 46.9. The topological polar surface area (TPSA) is 84.5 Å². The minimum absolute atomic E-state index is 0.165. The Morgan fingerprint density at radius 1 is 1.00 bits per heavy atom. The monoisotopic (exact) mass is 468 g/mol. The normalized spacial score (nSPS) is 11.1. The van der Waals surface area contributed by atoms with Crippen molar-refractivity contribution in [2.45, 2.75) is 4.90 Å². The highest BCUT2D eigenvalue weighted by Crippen LogP contribution is 2.29. The van der Waals surface area contributed by atoms with Gasteiger partial charge in [0, 0.05) is 10.6 Å². The minimum Gasteiger partial charge on any atom is -0.495 e. The molecular weight excluding hydrogens is 454 g/mol. The molecule has 0 unspecified atom stereocenters. The maximum Gasteiger partial charge on any atom is 0.261 e. The van der Waals surface area contributed by atoms with Crippen molar-refractivity contribution < 1.29 is 22.3 Å². The van der Waals surface area contributed by atoms with Crippen molar-refractivity contribution >= 4 is 50.5 Å². The average Bonchev–Trinajstić information content (AvgIpc) is 2.69. The number of sulfonamides is 1. The molecule has 0 saturated carbocycles. The van der Waals surface area contributed by atoms with Crippen LogP contribution in [0.15, 0.2) is 65.6 Å². The third-order valence-corrected chi connectivity index (χ3v) is 5.94. The van der Waals surface area contributed by atoms with Crippen LogP contribution in [0.5, 0.6) is 5.75 Å². The first-order chi connectivity index (χ1) is 14.2. The molecule has 0 aliphatic carbocycles. The molecule has 0 spiro atoms. The first-order valence-corrected chi connectivity index (χ1v) is 10.7. The third-order valence-electron chi connectivity index (χ3n) is 4.01. The molecule has 6 nitrogen and oxygen atoms in total. The van der Waals surface area contributed by atoms with Crippen LogP contribution in [0, 0.1) is 5.82 Å². The Hall–Kier alpha value is -2.81. The van der Waals surface area contributed by atoms with Crippen LogP contribution in [-0.2, 0) is 10.0 Å². The van der Waals surface area contributed by atoms with Crippen molar-refractivity contribution in [3.63, 3.8) is 0 Å². The second-order valence-electron chi connectivity index (χ2n) is 6.06. The van der Waals surface area contributed by atoms with E-state index in [1.165, 1.54) is 61.7 Å². The van der Waals surface area contributed by atoms with E-state index >= 15 is 0 Å². The molecule has 0 aliphatic heterocycles. The van der Waals surface area contributed by atoms with Crippen LogP contribution >= 0.6 is 23.2 Å². The average molecular weight is 469 g/mol. The highest BCUT2D eigenvalue weighted by molar-refractivity contribution is 7.92. The Morgan fingerprint density at radius 2 is 1.70 bits per heavy atom. The largest absolute Gasteiger partial charge is 0.495 e. The number of nitrogens with one attached hydrogen (secondary N) is 2. The molecule has 3 aromatic rings. The molecule has 30 heavy (non-hydrogen) atoms. The molecule has 0 atom stereocenters. The fourth-order valence-electron chi connectivity index (χ4n) is 2.50. The van der Waals surface area contributed by atoms with E-state index in [1.54, 1.807) is 0 Å². The highest BCUT2D eigenvalue weighted by atomic mass is 35.5. The Balaban J connectivity index is 1.78. The lowest BCUT2D eigenvalue weighted by Gasteiger charge is -2.12. The van der Waals surface area contributed by atoms with Gasteiger partial charge in [-0.3, -0.25) is 9.52 Å². The second kappa shape index (κ2) is 8.91. The molecule has 2 N–H and O–H groups in total. The quantitative estimate of drug-likeness (QED) is 0.520. The van der Waals surface area contributed by atoms with Crippen LogP contribution in [0.2, 0.25) is 10.0 Å². The van der Waals surface area contributed by atoms with Crippen molar-refractivity contribution in [2.24, 2.45) is 0 Å².